The van der Waals surface area contributed by atoms with Gasteiger partial charge in [0.05, 0.1) is 32.8 Å². The van der Waals surface area contributed by atoms with Crippen LogP contribution in [0.4, 0.5) is 0 Å². The fourth-order valence-corrected chi connectivity index (χ4v) is 8.22. The first-order valence-corrected chi connectivity index (χ1v) is 18.5. The van der Waals surface area contributed by atoms with Crippen LogP contribution in [-0.2, 0) is 20.5 Å². The zero-order valence-electron chi connectivity index (χ0n) is 27.6. The lowest BCUT2D eigenvalue weighted by atomic mass is 9.86. The smallest absolute Gasteiger partial charge is 0.462 e. The first-order chi connectivity index (χ1) is 20.6. The Morgan fingerprint density at radius 1 is 0.767 bits per heavy atom. The van der Waals surface area contributed by atoms with Crippen LogP contribution < -0.4 is 9.55 Å². The van der Waals surface area contributed by atoms with Gasteiger partial charge < -0.3 is 14.0 Å². The van der Waals surface area contributed by atoms with Gasteiger partial charge in [0.1, 0.15) is 7.85 Å². The number of aryl methyl sites for hydroxylation is 1. The van der Waals surface area contributed by atoms with E-state index in [1.807, 2.05) is 6.07 Å². The molecule has 4 nitrogen and oxygen atoms in total. The van der Waals surface area contributed by atoms with Crippen molar-refractivity contribution < 1.29 is 18.8 Å². The van der Waals surface area contributed by atoms with E-state index in [1.165, 1.54) is 64.2 Å². The predicted octanol–water partition coefficient (Wildman–Crippen LogP) is 9.41. The largest absolute Gasteiger partial charge is 0.505 e. The Balaban J connectivity index is 1.53. The van der Waals surface area contributed by atoms with Crippen LogP contribution in [0.1, 0.15) is 147 Å². The third-order valence-corrected chi connectivity index (χ3v) is 11.6. The van der Waals surface area contributed by atoms with Gasteiger partial charge in [0.2, 0.25) is 0 Å². The maximum Gasteiger partial charge on any atom is 0.505 e. The number of rotatable bonds is 18. The van der Waals surface area contributed by atoms with E-state index in [0.29, 0.717) is 16.9 Å². The molecular formula is C35H52B2O4S2. The highest BCUT2D eigenvalue weighted by Gasteiger charge is 2.52. The molecule has 4 rings (SSSR count). The molecule has 3 aromatic rings. The average Bonchev–Trinajstić information content (AvgIpc) is 3.62. The van der Waals surface area contributed by atoms with Gasteiger partial charge in [-0.15, -0.1) is 11.3 Å². The van der Waals surface area contributed by atoms with Crippen LogP contribution >= 0.6 is 22.7 Å². The Kier molecular flexibility index (Phi) is 12.7. The Hall–Kier alpha value is -1.34. The summed E-state index contributed by atoms with van der Waals surface area (Å²) >= 11 is 3.26. The molecule has 8 heteroatoms. The minimum atomic E-state index is -0.436. The molecule has 1 fully saturated rings. The molecule has 2 radical (unpaired) electrons. The second kappa shape index (κ2) is 15.8. The number of unbranched alkanes of at least 4 members (excludes halogenated alkanes) is 12. The number of hydrogen-bond acceptors (Lipinski definition) is 6. The van der Waals surface area contributed by atoms with Crippen molar-refractivity contribution in [2.45, 2.75) is 149 Å². The standard InChI is InChI=1S/C35H52B2O4S2/c1-7-9-11-13-14-15-16-17-18-20-22-39-33(38)30-25(21-19-12-10-8-2)26-24-29(37-40-34(3,4)35(5,6)41-37)43-31(26)32-27(30)23-28(36)42-32/h23-24H,7-22H2,1-6H3. The highest BCUT2D eigenvalue weighted by molar-refractivity contribution is 7.34. The summed E-state index contributed by atoms with van der Waals surface area (Å²) in [5.74, 6) is -0.213. The molecule has 0 unspecified atom stereocenters. The van der Waals surface area contributed by atoms with Crippen LogP contribution in [0.15, 0.2) is 12.1 Å². The predicted molar refractivity (Wildman–Crippen MR) is 188 cm³/mol. The average molecular weight is 623 g/mol. The number of fused-ring (bicyclic) bond motifs is 3. The van der Waals surface area contributed by atoms with Crippen LogP contribution in [-0.4, -0.2) is 38.7 Å². The van der Waals surface area contributed by atoms with E-state index in [2.05, 4.69) is 47.6 Å². The molecule has 0 atom stereocenters. The fraction of sp³-hybridized carbons (Fsp3) is 0.686. The van der Waals surface area contributed by atoms with Gasteiger partial charge in [-0.05, 0) is 68.7 Å². The first kappa shape index (κ1) is 34.5. The number of carbonyl (C=O) groups excluding carboxylic acids is 1. The maximum atomic E-state index is 13.8. The summed E-state index contributed by atoms with van der Waals surface area (Å²) < 4.78 is 22.8. The van der Waals surface area contributed by atoms with Crippen molar-refractivity contribution in [1.29, 1.82) is 0 Å². The lowest BCUT2D eigenvalue weighted by molar-refractivity contribution is 0.00578. The number of esters is 1. The molecule has 1 aromatic carbocycles. The number of benzene rings is 1. The minimum absolute atomic E-state index is 0.213. The third-order valence-electron chi connectivity index (χ3n) is 9.31. The van der Waals surface area contributed by atoms with Gasteiger partial charge in [-0.2, -0.15) is 11.3 Å². The summed E-state index contributed by atoms with van der Waals surface area (Å²) in [5, 5.41) is 2.04. The van der Waals surface area contributed by atoms with Crippen LogP contribution in [0.2, 0.25) is 0 Å². The minimum Gasteiger partial charge on any atom is -0.462 e. The highest BCUT2D eigenvalue weighted by Crippen LogP contribution is 2.41. The SMILES string of the molecule is [B]c1cc2c(C(=O)OCCCCCCCCCCCC)c(CCCCCC)c3cc(B4OC(C)(C)C(C)(C)O4)sc3c2s1. The number of thiophene rings is 2. The summed E-state index contributed by atoms with van der Waals surface area (Å²) in [7, 11) is 5.94. The van der Waals surface area contributed by atoms with Crippen LogP contribution in [0, 0.1) is 0 Å². The van der Waals surface area contributed by atoms with E-state index in [1.54, 1.807) is 22.7 Å². The molecule has 1 saturated heterocycles. The second-order valence-corrected chi connectivity index (χ2v) is 15.5. The molecular weight excluding hydrogens is 570 g/mol. The van der Waals surface area contributed by atoms with E-state index >= 15 is 0 Å². The molecule has 0 aliphatic carbocycles. The van der Waals surface area contributed by atoms with E-state index in [0.717, 1.165) is 62.6 Å². The molecule has 43 heavy (non-hydrogen) atoms. The maximum absolute atomic E-state index is 13.8. The Labute approximate surface area is 270 Å². The van der Waals surface area contributed by atoms with Crippen LogP contribution in [0.5, 0.6) is 0 Å². The second-order valence-electron chi connectivity index (χ2n) is 13.4. The van der Waals surface area contributed by atoms with Crippen molar-refractivity contribution in [2.75, 3.05) is 6.61 Å². The van der Waals surface area contributed by atoms with Crippen molar-refractivity contribution in [3.63, 3.8) is 0 Å². The topological polar surface area (TPSA) is 44.8 Å². The molecule has 0 saturated carbocycles. The van der Waals surface area contributed by atoms with Gasteiger partial charge in [-0.1, -0.05) is 97.0 Å². The van der Waals surface area contributed by atoms with Gasteiger partial charge in [-0.3, -0.25) is 0 Å². The third kappa shape index (κ3) is 8.48. The quantitative estimate of drug-likeness (QED) is 0.0806. The fourth-order valence-electron chi connectivity index (χ4n) is 5.99. The van der Waals surface area contributed by atoms with Gasteiger partial charge >= 0.3 is 13.1 Å². The molecule has 1 aliphatic heterocycles. The van der Waals surface area contributed by atoms with Gasteiger partial charge in [0.15, 0.2) is 0 Å². The summed E-state index contributed by atoms with van der Waals surface area (Å²) in [4.78, 5) is 13.8. The number of carbonyl (C=O) groups is 1. The molecule has 0 spiro atoms. The van der Waals surface area contributed by atoms with Crippen LogP contribution in [0.25, 0.3) is 20.2 Å². The van der Waals surface area contributed by atoms with Crippen LogP contribution in [0.3, 0.4) is 0 Å². The van der Waals surface area contributed by atoms with E-state index in [4.69, 9.17) is 21.9 Å². The summed E-state index contributed by atoms with van der Waals surface area (Å²) in [6.07, 6.45) is 17.9. The highest BCUT2D eigenvalue weighted by atomic mass is 32.1. The molecule has 3 heterocycles. The summed E-state index contributed by atoms with van der Waals surface area (Å²) in [5.41, 5.74) is 0.965. The van der Waals surface area contributed by atoms with Crippen molar-refractivity contribution >= 4 is 73.3 Å². The van der Waals surface area contributed by atoms with Crippen molar-refractivity contribution in [1.82, 2.24) is 0 Å². The van der Waals surface area contributed by atoms with Gasteiger partial charge in [0, 0.05) is 10.2 Å². The normalized spacial score (nSPS) is 16.1. The van der Waals surface area contributed by atoms with Crippen molar-refractivity contribution in [2.24, 2.45) is 0 Å². The van der Waals surface area contributed by atoms with Gasteiger partial charge in [0.25, 0.3) is 0 Å². The first-order valence-electron chi connectivity index (χ1n) is 16.9. The summed E-state index contributed by atoms with van der Waals surface area (Å²) in [6, 6.07) is 4.17. The summed E-state index contributed by atoms with van der Waals surface area (Å²) in [6.45, 7) is 13.3. The van der Waals surface area contributed by atoms with Crippen molar-refractivity contribution in [3.05, 3.63) is 23.3 Å². The lowest BCUT2D eigenvalue weighted by Gasteiger charge is -2.32. The monoisotopic (exact) mass is 622 g/mol. The van der Waals surface area contributed by atoms with Crippen molar-refractivity contribution in [3.8, 4) is 0 Å². The van der Waals surface area contributed by atoms with E-state index in [9.17, 15) is 4.79 Å². The molecule has 0 bridgehead atoms. The van der Waals surface area contributed by atoms with E-state index in [-0.39, 0.29) is 5.97 Å². The van der Waals surface area contributed by atoms with Gasteiger partial charge in [-0.25, -0.2) is 4.79 Å². The zero-order chi connectivity index (χ0) is 31.0. The zero-order valence-corrected chi connectivity index (χ0v) is 29.2. The molecule has 234 valence electrons. The molecule has 0 N–H and O–H groups in total. The molecule has 2 aromatic heterocycles. The Bertz CT molecular complexity index is 1330. The molecule has 0 amide bonds. The molecule has 1 aliphatic rings. The van der Waals surface area contributed by atoms with E-state index < -0.39 is 18.3 Å². The lowest BCUT2D eigenvalue weighted by Crippen LogP contribution is -2.41. The number of ether oxygens (including phenoxy) is 1. The number of hydrogen-bond donors (Lipinski definition) is 0. The Morgan fingerprint density at radius 2 is 1.30 bits per heavy atom. The Morgan fingerprint density at radius 3 is 1.91 bits per heavy atom.